The van der Waals surface area contributed by atoms with E-state index in [4.69, 9.17) is 9.97 Å². The fourth-order valence-electron chi connectivity index (χ4n) is 3.41. The largest absolute Gasteiger partial charge is 0.369 e. The third-order valence-electron chi connectivity index (χ3n) is 4.64. The number of anilines is 1. The number of hydrogen-bond acceptors (Lipinski definition) is 4. The summed E-state index contributed by atoms with van der Waals surface area (Å²) in [6, 6.07) is 10.5. The van der Waals surface area contributed by atoms with Crippen LogP contribution in [0.1, 0.15) is 48.0 Å². The summed E-state index contributed by atoms with van der Waals surface area (Å²) in [5.41, 5.74) is 2.76. The second-order valence-electron chi connectivity index (χ2n) is 6.47. The lowest BCUT2D eigenvalue weighted by Gasteiger charge is -2.10. The van der Waals surface area contributed by atoms with Crippen molar-refractivity contribution < 1.29 is 0 Å². The van der Waals surface area contributed by atoms with E-state index in [-0.39, 0.29) is 0 Å². The first-order valence-electron chi connectivity index (χ1n) is 8.94. The number of aromatic nitrogens is 2. The van der Waals surface area contributed by atoms with Gasteiger partial charge in [-0.05, 0) is 36.8 Å². The van der Waals surface area contributed by atoms with E-state index < -0.39 is 0 Å². The molecule has 1 aliphatic carbocycles. The average Bonchev–Trinajstić information content (AvgIpc) is 3.16. The van der Waals surface area contributed by atoms with Crippen molar-refractivity contribution in [3.8, 4) is 0 Å². The molecule has 3 nitrogen and oxygen atoms in total. The van der Waals surface area contributed by atoms with Gasteiger partial charge in [0.05, 0.1) is 5.39 Å². The van der Waals surface area contributed by atoms with E-state index in [1.807, 2.05) is 11.3 Å². The smallest absolute Gasteiger partial charge is 0.138 e. The Balaban J connectivity index is 1.73. The standard InChI is InChI=1S/C20H23N3S/c1-2-3-12-21-19-18-15-10-7-11-16(15)24-20(18)23-17(22-19)13-14-8-5-4-6-9-14/h4-6,8-9H,2-3,7,10-13H2,1H3,(H,21,22,23). The minimum absolute atomic E-state index is 0.793. The van der Waals surface area contributed by atoms with Crippen LogP contribution in [0.15, 0.2) is 30.3 Å². The Morgan fingerprint density at radius 3 is 2.83 bits per heavy atom. The van der Waals surface area contributed by atoms with E-state index in [1.54, 1.807) is 0 Å². The highest BCUT2D eigenvalue weighted by atomic mass is 32.1. The maximum absolute atomic E-state index is 4.90. The van der Waals surface area contributed by atoms with Crippen molar-refractivity contribution in [2.24, 2.45) is 0 Å². The van der Waals surface area contributed by atoms with E-state index in [2.05, 4.69) is 42.6 Å². The van der Waals surface area contributed by atoms with Crippen LogP contribution in [0, 0.1) is 0 Å². The third-order valence-corrected chi connectivity index (χ3v) is 5.82. The Morgan fingerprint density at radius 2 is 2.00 bits per heavy atom. The molecule has 3 aromatic rings. The maximum atomic E-state index is 4.90. The molecule has 4 rings (SSSR count). The number of aryl methyl sites for hydroxylation is 2. The monoisotopic (exact) mass is 337 g/mol. The molecular weight excluding hydrogens is 314 g/mol. The molecule has 0 aliphatic heterocycles. The molecule has 1 aliphatic rings. The van der Waals surface area contributed by atoms with Crippen LogP contribution in [0.5, 0.6) is 0 Å². The van der Waals surface area contributed by atoms with Crippen LogP contribution in [0.25, 0.3) is 10.2 Å². The number of thiophene rings is 1. The van der Waals surface area contributed by atoms with Crippen molar-refractivity contribution >= 4 is 27.4 Å². The Hall–Kier alpha value is -1.94. The number of hydrogen-bond donors (Lipinski definition) is 1. The Kier molecular flexibility index (Phi) is 4.48. The van der Waals surface area contributed by atoms with Gasteiger partial charge in [0.25, 0.3) is 0 Å². The molecule has 1 aromatic carbocycles. The van der Waals surface area contributed by atoms with E-state index >= 15 is 0 Å². The lowest BCUT2D eigenvalue weighted by atomic mass is 10.1. The summed E-state index contributed by atoms with van der Waals surface area (Å²) in [5, 5.41) is 4.88. The van der Waals surface area contributed by atoms with Crippen LogP contribution in [-0.2, 0) is 19.3 Å². The molecule has 2 heterocycles. The van der Waals surface area contributed by atoms with Gasteiger partial charge in [-0.15, -0.1) is 11.3 Å². The number of nitrogens with zero attached hydrogens (tertiary/aromatic N) is 2. The fraction of sp³-hybridized carbons (Fsp3) is 0.400. The highest BCUT2D eigenvalue weighted by molar-refractivity contribution is 7.19. The Morgan fingerprint density at radius 1 is 1.12 bits per heavy atom. The average molecular weight is 337 g/mol. The number of nitrogens with one attached hydrogen (secondary N) is 1. The summed E-state index contributed by atoms with van der Waals surface area (Å²) in [6.45, 7) is 3.21. The molecule has 0 atom stereocenters. The normalized spacial score (nSPS) is 13.4. The lowest BCUT2D eigenvalue weighted by molar-refractivity contribution is 0.829. The summed E-state index contributed by atoms with van der Waals surface area (Å²) in [4.78, 5) is 12.5. The quantitative estimate of drug-likeness (QED) is 0.644. The molecule has 0 saturated heterocycles. The van der Waals surface area contributed by atoms with Gasteiger partial charge in [-0.1, -0.05) is 43.7 Å². The van der Waals surface area contributed by atoms with Gasteiger partial charge >= 0.3 is 0 Å². The summed E-state index contributed by atoms with van der Waals surface area (Å²) < 4.78 is 0. The molecule has 0 spiro atoms. The van der Waals surface area contributed by atoms with Crippen molar-refractivity contribution in [2.45, 2.75) is 45.4 Å². The van der Waals surface area contributed by atoms with Crippen LogP contribution in [-0.4, -0.2) is 16.5 Å². The van der Waals surface area contributed by atoms with Gasteiger partial charge in [0.15, 0.2) is 0 Å². The van der Waals surface area contributed by atoms with Crippen molar-refractivity contribution in [1.82, 2.24) is 9.97 Å². The van der Waals surface area contributed by atoms with Crippen molar-refractivity contribution in [3.05, 3.63) is 52.2 Å². The summed E-state index contributed by atoms with van der Waals surface area (Å²) >= 11 is 1.87. The first-order valence-corrected chi connectivity index (χ1v) is 9.75. The number of fused-ring (bicyclic) bond motifs is 3. The van der Waals surface area contributed by atoms with Gasteiger partial charge in [-0.25, -0.2) is 9.97 Å². The van der Waals surface area contributed by atoms with Gasteiger partial charge in [-0.2, -0.15) is 0 Å². The van der Waals surface area contributed by atoms with Crippen LogP contribution < -0.4 is 5.32 Å². The first-order chi connectivity index (χ1) is 11.8. The number of rotatable bonds is 6. The molecule has 0 radical (unpaired) electrons. The van der Waals surface area contributed by atoms with Crippen LogP contribution in [0.2, 0.25) is 0 Å². The fourth-order valence-corrected chi connectivity index (χ4v) is 4.69. The summed E-state index contributed by atoms with van der Waals surface area (Å²) in [7, 11) is 0. The molecule has 0 fully saturated rings. The minimum Gasteiger partial charge on any atom is -0.369 e. The van der Waals surface area contributed by atoms with Crippen molar-refractivity contribution in [3.63, 3.8) is 0 Å². The first kappa shape index (κ1) is 15.6. The van der Waals surface area contributed by atoms with Gasteiger partial charge in [0, 0.05) is 17.8 Å². The van der Waals surface area contributed by atoms with Crippen LogP contribution in [0.3, 0.4) is 0 Å². The molecule has 0 amide bonds. The zero-order valence-corrected chi connectivity index (χ0v) is 15.0. The number of unbranched alkanes of at least 4 members (excludes halogenated alkanes) is 1. The minimum atomic E-state index is 0.793. The SMILES string of the molecule is CCCCNc1nc(Cc2ccccc2)nc2sc3c(c12)CCC3. The maximum Gasteiger partial charge on any atom is 0.138 e. The second kappa shape index (κ2) is 6.89. The predicted octanol–water partition coefficient (Wildman–Crippen LogP) is 4.98. The predicted molar refractivity (Wildman–Crippen MR) is 102 cm³/mol. The van der Waals surface area contributed by atoms with Gasteiger partial charge in [0.1, 0.15) is 16.5 Å². The van der Waals surface area contributed by atoms with Gasteiger partial charge in [0.2, 0.25) is 0 Å². The van der Waals surface area contributed by atoms with E-state index in [9.17, 15) is 0 Å². The molecule has 0 saturated carbocycles. The molecule has 124 valence electrons. The molecular formula is C20H23N3S. The van der Waals surface area contributed by atoms with Crippen molar-refractivity contribution in [2.75, 3.05) is 11.9 Å². The highest BCUT2D eigenvalue weighted by Crippen LogP contribution is 2.39. The van der Waals surface area contributed by atoms with Gasteiger partial charge < -0.3 is 5.32 Å². The van der Waals surface area contributed by atoms with Gasteiger partial charge in [-0.3, -0.25) is 0 Å². The molecule has 2 aromatic heterocycles. The molecule has 24 heavy (non-hydrogen) atoms. The topological polar surface area (TPSA) is 37.8 Å². The molecule has 4 heteroatoms. The van der Waals surface area contributed by atoms with Crippen LogP contribution >= 0.6 is 11.3 Å². The summed E-state index contributed by atoms with van der Waals surface area (Å²) in [5.74, 6) is 1.98. The summed E-state index contributed by atoms with van der Waals surface area (Å²) in [6.07, 6.45) is 6.82. The molecule has 0 bridgehead atoms. The zero-order chi connectivity index (χ0) is 16.4. The van der Waals surface area contributed by atoms with E-state index in [0.717, 1.165) is 24.6 Å². The molecule has 0 unspecified atom stereocenters. The number of benzene rings is 1. The Bertz CT molecular complexity index is 839. The third kappa shape index (κ3) is 3.03. The highest BCUT2D eigenvalue weighted by Gasteiger charge is 2.22. The van der Waals surface area contributed by atoms with Crippen molar-refractivity contribution in [1.29, 1.82) is 0 Å². The lowest BCUT2D eigenvalue weighted by Crippen LogP contribution is -2.07. The second-order valence-corrected chi connectivity index (χ2v) is 7.55. The Labute approximate surface area is 147 Å². The van der Waals surface area contributed by atoms with E-state index in [1.165, 1.54) is 58.3 Å². The molecule has 1 N–H and O–H groups in total. The zero-order valence-electron chi connectivity index (χ0n) is 14.1. The van der Waals surface area contributed by atoms with E-state index in [0.29, 0.717) is 0 Å². The van der Waals surface area contributed by atoms with Crippen LogP contribution in [0.4, 0.5) is 5.82 Å².